The summed E-state index contributed by atoms with van der Waals surface area (Å²) in [5.41, 5.74) is 2.07. The molecule has 5 heteroatoms. The lowest BCUT2D eigenvalue weighted by molar-refractivity contribution is -0.0395. The van der Waals surface area contributed by atoms with Gasteiger partial charge < -0.3 is 9.64 Å². The largest absolute Gasteiger partial charge is 0.378 e. The van der Waals surface area contributed by atoms with Crippen molar-refractivity contribution in [1.82, 2.24) is 9.80 Å². The zero-order valence-corrected chi connectivity index (χ0v) is 12.2. The lowest BCUT2D eigenvalue weighted by Crippen LogP contribution is -2.59. The number of nitriles is 1. The monoisotopic (exact) mass is 285 g/mol. The first kappa shape index (κ1) is 14.1. The molecular weight excluding hydrogens is 266 g/mol. The molecule has 110 valence electrons. The highest BCUT2D eigenvalue weighted by molar-refractivity contribution is 5.94. The number of ether oxygens (including phenoxy) is 1. The van der Waals surface area contributed by atoms with Crippen LogP contribution in [0.25, 0.3) is 0 Å². The van der Waals surface area contributed by atoms with Crippen molar-refractivity contribution >= 4 is 5.91 Å². The molecule has 0 aromatic heterocycles. The first-order valence-corrected chi connectivity index (χ1v) is 7.31. The molecule has 2 fully saturated rings. The summed E-state index contributed by atoms with van der Waals surface area (Å²) in [7, 11) is 0. The Balaban J connectivity index is 1.75. The fourth-order valence-electron chi connectivity index (χ4n) is 2.99. The van der Waals surface area contributed by atoms with Crippen molar-refractivity contribution < 1.29 is 9.53 Å². The minimum atomic E-state index is 0.0109. The normalized spacial score (nSPS) is 22.5. The first-order valence-electron chi connectivity index (χ1n) is 7.31. The number of fused-ring (bicyclic) bond motifs is 1. The van der Waals surface area contributed by atoms with Gasteiger partial charge in [0, 0.05) is 31.7 Å². The van der Waals surface area contributed by atoms with Crippen LogP contribution in [-0.4, -0.2) is 61.1 Å². The molecule has 0 radical (unpaired) electrons. The van der Waals surface area contributed by atoms with Crippen LogP contribution in [0, 0.1) is 18.3 Å². The van der Waals surface area contributed by atoms with Crippen molar-refractivity contribution in [3.63, 3.8) is 0 Å². The molecule has 0 saturated carbocycles. The first-order chi connectivity index (χ1) is 10.2. The maximum Gasteiger partial charge on any atom is 0.253 e. The fourth-order valence-corrected chi connectivity index (χ4v) is 2.99. The Kier molecular flexibility index (Phi) is 3.91. The Morgan fingerprint density at radius 2 is 2.24 bits per heavy atom. The molecule has 1 aromatic carbocycles. The number of carbonyl (C=O) groups excluding carboxylic acids is 1. The van der Waals surface area contributed by atoms with E-state index in [0.29, 0.717) is 30.3 Å². The number of aryl methyl sites for hydroxylation is 1. The number of morpholine rings is 1. The highest BCUT2D eigenvalue weighted by atomic mass is 16.5. The van der Waals surface area contributed by atoms with Gasteiger partial charge in [0.1, 0.15) is 0 Å². The summed E-state index contributed by atoms with van der Waals surface area (Å²) < 4.78 is 5.50. The zero-order chi connectivity index (χ0) is 14.8. The Morgan fingerprint density at radius 1 is 1.38 bits per heavy atom. The molecule has 3 rings (SSSR count). The van der Waals surface area contributed by atoms with Gasteiger partial charge in [-0.25, -0.2) is 0 Å². The van der Waals surface area contributed by atoms with Crippen LogP contribution in [0.4, 0.5) is 0 Å². The lowest BCUT2D eigenvalue weighted by atomic mass is 10.0. The van der Waals surface area contributed by atoms with Crippen molar-refractivity contribution in [1.29, 1.82) is 5.26 Å². The predicted molar refractivity (Wildman–Crippen MR) is 78.0 cm³/mol. The molecular formula is C16H19N3O2. The summed E-state index contributed by atoms with van der Waals surface area (Å²) in [4.78, 5) is 16.9. The summed E-state index contributed by atoms with van der Waals surface area (Å²) >= 11 is 0. The van der Waals surface area contributed by atoms with Gasteiger partial charge >= 0.3 is 0 Å². The van der Waals surface area contributed by atoms with E-state index in [2.05, 4.69) is 11.0 Å². The van der Waals surface area contributed by atoms with Gasteiger partial charge in [-0.3, -0.25) is 9.69 Å². The van der Waals surface area contributed by atoms with E-state index in [1.807, 2.05) is 24.0 Å². The van der Waals surface area contributed by atoms with Crippen LogP contribution in [0.5, 0.6) is 0 Å². The van der Waals surface area contributed by atoms with Crippen LogP contribution in [0.15, 0.2) is 18.2 Å². The van der Waals surface area contributed by atoms with Crippen LogP contribution in [0.2, 0.25) is 0 Å². The number of carbonyl (C=O) groups is 1. The average molecular weight is 285 g/mol. The van der Waals surface area contributed by atoms with Gasteiger partial charge in [-0.15, -0.1) is 0 Å². The maximum absolute atomic E-state index is 12.6. The SMILES string of the molecule is Cc1ccc(C(=O)N2CCN3CCOCC3C2)cc1C#N. The highest BCUT2D eigenvalue weighted by Crippen LogP contribution is 2.17. The Labute approximate surface area is 124 Å². The molecule has 1 amide bonds. The van der Waals surface area contributed by atoms with Gasteiger partial charge in [0.2, 0.25) is 0 Å². The second-order valence-corrected chi connectivity index (χ2v) is 5.66. The van der Waals surface area contributed by atoms with Gasteiger partial charge in [-0.1, -0.05) is 6.07 Å². The Hall–Kier alpha value is -1.90. The molecule has 0 aliphatic carbocycles. The van der Waals surface area contributed by atoms with Crippen LogP contribution in [-0.2, 0) is 4.74 Å². The number of hydrogen-bond donors (Lipinski definition) is 0. The second kappa shape index (κ2) is 5.84. The minimum Gasteiger partial charge on any atom is -0.378 e. The van der Waals surface area contributed by atoms with Crippen molar-refractivity contribution in [3.05, 3.63) is 34.9 Å². The van der Waals surface area contributed by atoms with Gasteiger partial charge in [-0.2, -0.15) is 5.26 Å². The third-order valence-corrected chi connectivity index (χ3v) is 4.33. The Morgan fingerprint density at radius 3 is 3.05 bits per heavy atom. The maximum atomic E-state index is 12.6. The minimum absolute atomic E-state index is 0.0109. The number of amides is 1. The molecule has 2 heterocycles. The molecule has 1 atom stereocenters. The quantitative estimate of drug-likeness (QED) is 0.773. The molecule has 5 nitrogen and oxygen atoms in total. The standard InChI is InChI=1S/C16H19N3O2/c1-12-2-3-13(8-14(12)9-17)16(20)19-5-4-18-6-7-21-11-15(18)10-19/h2-3,8,15H,4-7,10-11H2,1H3. The number of nitrogens with zero attached hydrogens (tertiary/aromatic N) is 3. The predicted octanol–water partition coefficient (Wildman–Crippen LogP) is 1.02. The number of piperazine rings is 1. The van der Waals surface area contributed by atoms with E-state index in [1.54, 1.807) is 6.07 Å². The molecule has 1 unspecified atom stereocenters. The molecule has 1 aromatic rings. The van der Waals surface area contributed by atoms with E-state index < -0.39 is 0 Å². The summed E-state index contributed by atoms with van der Waals surface area (Å²) in [5.74, 6) is 0.0109. The molecule has 21 heavy (non-hydrogen) atoms. The van der Waals surface area contributed by atoms with Gasteiger partial charge in [0.15, 0.2) is 0 Å². The topological polar surface area (TPSA) is 56.6 Å². The highest BCUT2D eigenvalue weighted by Gasteiger charge is 2.31. The molecule has 0 spiro atoms. The number of rotatable bonds is 1. The van der Waals surface area contributed by atoms with E-state index in [1.165, 1.54) is 0 Å². The lowest BCUT2D eigenvalue weighted by Gasteiger charge is -2.43. The summed E-state index contributed by atoms with van der Waals surface area (Å²) in [5, 5.41) is 9.09. The van der Waals surface area contributed by atoms with E-state index in [9.17, 15) is 4.79 Å². The number of benzene rings is 1. The fraction of sp³-hybridized carbons (Fsp3) is 0.500. The summed E-state index contributed by atoms with van der Waals surface area (Å²) in [6.45, 7) is 6.66. The Bertz CT molecular complexity index is 594. The van der Waals surface area contributed by atoms with E-state index in [4.69, 9.17) is 10.00 Å². The van der Waals surface area contributed by atoms with Crippen LogP contribution >= 0.6 is 0 Å². The molecule has 2 saturated heterocycles. The summed E-state index contributed by atoms with van der Waals surface area (Å²) in [6.07, 6.45) is 0. The van der Waals surface area contributed by atoms with Crippen molar-refractivity contribution in [2.24, 2.45) is 0 Å². The summed E-state index contributed by atoms with van der Waals surface area (Å²) in [6, 6.07) is 7.79. The van der Waals surface area contributed by atoms with Crippen molar-refractivity contribution in [2.75, 3.05) is 39.4 Å². The van der Waals surface area contributed by atoms with E-state index >= 15 is 0 Å². The second-order valence-electron chi connectivity index (χ2n) is 5.66. The number of hydrogen-bond acceptors (Lipinski definition) is 4. The van der Waals surface area contributed by atoms with Crippen LogP contribution in [0.3, 0.4) is 0 Å². The molecule has 2 aliphatic heterocycles. The van der Waals surface area contributed by atoms with Crippen molar-refractivity contribution in [3.8, 4) is 6.07 Å². The van der Waals surface area contributed by atoms with Gasteiger partial charge in [0.25, 0.3) is 5.91 Å². The van der Waals surface area contributed by atoms with Crippen molar-refractivity contribution in [2.45, 2.75) is 13.0 Å². The van der Waals surface area contributed by atoms with E-state index in [0.717, 1.165) is 31.8 Å². The molecule has 0 bridgehead atoms. The third kappa shape index (κ3) is 2.78. The zero-order valence-electron chi connectivity index (χ0n) is 12.2. The molecule has 2 aliphatic rings. The molecule has 0 N–H and O–H groups in total. The van der Waals surface area contributed by atoms with Crippen LogP contribution < -0.4 is 0 Å². The van der Waals surface area contributed by atoms with Gasteiger partial charge in [0.05, 0.1) is 30.9 Å². The smallest absolute Gasteiger partial charge is 0.253 e. The van der Waals surface area contributed by atoms with Gasteiger partial charge in [-0.05, 0) is 24.6 Å². The third-order valence-electron chi connectivity index (χ3n) is 4.33. The van der Waals surface area contributed by atoms with Crippen LogP contribution in [0.1, 0.15) is 21.5 Å². The van der Waals surface area contributed by atoms with E-state index in [-0.39, 0.29) is 5.91 Å². The average Bonchev–Trinajstić information content (AvgIpc) is 2.54.